The van der Waals surface area contributed by atoms with Crippen molar-refractivity contribution in [2.45, 2.75) is 50.9 Å². The van der Waals surface area contributed by atoms with E-state index in [2.05, 4.69) is 51.0 Å². The van der Waals surface area contributed by atoms with Crippen LogP contribution in [0.2, 0.25) is 10.0 Å². The Morgan fingerprint density at radius 1 is 0.920 bits per heavy atom. The lowest BCUT2D eigenvalue weighted by atomic mass is 9.98. The molecule has 2 saturated heterocycles. The topological polar surface area (TPSA) is 112 Å². The van der Waals surface area contributed by atoms with Gasteiger partial charge < -0.3 is 25.6 Å². The van der Waals surface area contributed by atoms with Crippen LogP contribution in [-0.2, 0) is 22.7 Å². The summed E-state index contributed by atoms with van der Waals surface area (Å²) in [6.45, 7) is 4.69. The number of benzene rings is 2. The molecule has 7 rings (SSSR count). The zero-order chi connectivity index (χ0) is 34.8. The highest BCUT2D eigenvalue weighted by molar-refractivity contribution is 6.39. The van der Waals surface area contributed by atoms with Crippen LogP contribution in [0, 0.1) is 0 Å². The summed E-state index contributed by atoms with van der Waals surface area (Å²) in [5.41, 5.74) is 7.91. The number of halogens is 2. The maximum Gasteiger partial charge on any atom is 0.220 e. The van der Waals surface area contributed by atoms with Crippen LogP contribution in [0.3, 0.4) is 0 Å². The molecule has 10 nitrogen and oxygen atoms in total. The van der Waals surface area contributed by atoms with Gasteiger partial charge in [0.1, 0.15) is 0 Å². The molecule has 12 heteroatoms. The third kappa shape index (κ3) is 7.30. The quantitative estimate of drug-likeness (QED) is 0.192. The van der Waals surface area contributed by atoms with E-state index in [1.807, 2.05) is 36.4 Å². The van der Waals surface area contributed by atoms with Crippen LogP contribution >= 0.6 is 23.2 Å². The van der Waals surface area contributed by atoms with E-state index in [1.165, 1.54) is 5.56 Å². The molecule has 2 aromatic carbocycles. The molecule has 3 aliphatic heterocycles. The van der Waals surface area contributed by atoms with E-state index in [9.17, 15) is 9.59 Å². The van der Waals surface area contributed by atoms with Crippen molar-refractivity contribution in [3.05, 3.63) is 82.0 Å². The number of carbonyl (C=O) groups excluding carboxylic acids is 2. The van der Waals surface area contributed by atoms with Gasteiger partial charge in [0.05, 0.1) is 28.5 Å². The first kappa shape index (κ1) is 34.2. The van der Waals surface area contributed by atoms with Crippen molar-refractivity contribution in [1.29, 1.82) is 0 Å². The van der Waals surface area contributed by atoms with Gasteiger partial charge in [0.25, 0.3) is 0 Å². The summed E-state index contributed by atoms with van der Waals surface area (Å²) in [7, 11) is 3.72. The summed E-state index contributed by atoms with van der Waals surface area (Å²) >= 11 is 14.3. The van der Waals surface area contributed by atoms with Crippen LogP contribution in [0.5, 0.6) is 5.88 Å². The summed E-state index contributed by atoms with van der Waals surface area (Å²) in [5.74, 6) is 0.764. The molecule has 2 aromatic heterocycles. The predicted molar refractivity (Wildman–Crippen MR) is 197 cm³/mol. The first-order valence-corrected chi connectivity index (χ1v) is 17.9. The number of carbonyl (C=O) groups is 2. The van der Waals surface area contributed by atoms with Gasteiger partial charge in [-0.15, -0.1) is 0 Å². The SMILES string of the molecule is COc1nc(-c2cccc(-c3ccnc(-c4ccc5c(c4)N(C)CCN(C[C@@H]4CCC(=O)N4)C5)c3Cl)c2Cl)ccc1CNC[C@@H]1CCC(=O)N1. The van der Waals surface area contributed by atoms with Gasteiger partial charge in [-0.05, 0) is 36.6 Å². The number of rotatable bonds is 10. The fourth-order valence-electron chi connectivity index (χ4n) is 7.15. The van der Waals surface area contributed by atoms with E-state index < -0.39 is 0 Å². The number of aromatic nitrogens is 2. The molecule has 2 fully saturated rings. The Balaban J connectivity index is 1.12. The van der Waals surface area contributed by atoms with E-state index in [4.69, 9.17) is 37.9 Å². The molecule has 3 N–H and O–H groups in total. The number of ether oxygens (including phenoxy) is 1. The van der Waals surface area contributed by atoms with Gasteiger partial charge >= 0.3 is 0 Å². The van der Waals surface area contributed by atoms with Gasteiger partial charge in [-0.1, -0.05) is 59.6 Å². The molecule has 260 valence electrons. The fraction of sp³-hybridized carbons (Fsp3) is 0.368. The molecule has 3 aliphatic rings. The molecule has 5 heterocycles. The number of anilines is 1. The Bertz CT molecular complexity index is 1920. The number of fused-ring (bicyclic) bond motifs is 1. The third-order valence-electron chi connectivity index (χ3n) is 9.86. The lowest BCUT2D eigenvalue weighted by molar-refractivity contribution is -0.120. The fourth-order valence-corrected chi connectivity index (χ4v) is 7.79. The van der Waals surface area contributed by atoms with Crippen LogP contribution in [0.15, 0.2) is 60.8 Å². The number of likely N-dealkylation sites (N-methyl/N-ethyl adjacent to an activating group) is 1. The number of nitrogens with zero attached hydrogens (tertiary/aromatic N) is 4. The van der Waals surface area contributed by atoms with E-state index >= 15 is 0 Å². The second-order valence-corrected chi connectivity index (χ2v) is 14.0. The van der Waals surface area contributed by atoms with Crippen LogP contribution in [0.1, 0.15) is 36.8 Å². The van der Waals surface area contributed by atoms with Crippen molar-refractivity contribution in [2.75, 3.05) is 45.2 Å². The van der Waals surface area contributed by atoms with Gasteiger partial charge in [0.2, 0.25) is 17.7 Å². The Morgan fingerprint density at radius 2 is 1.68 bits per heavy atom. The number of pyridine rings is 2. The summed E-state index contributed by atoms with van der Waals surface area (Å²) in [4.78, 5) is 37.5. The monoisotopic (exact) mass is 713 g/mol. The van der Waals surface area contributed by atoms with Crippen LogP contribution in [-0.4, -0.2) is 79.1 Å². The largest absolute Gasteiger partial charge is 0.481 e. The molecule has 4 aromatic rings. The molecule has 0 bridgehead atoms. The molecule has 50 heavy (non-hydrogen) atoms. The minimum Gasteiger partial charge on any atom is -0.481 e. The summed E-state index contributed by atoms with van der Waals surface area (Å²) < 4.78 is 5.67. The Kier molecular flexibility index (Phi) is 10.2. The smallest absolute Gasteiger partial charge is 0.220 e. The van der Waals surface area contributed by atoms with Crippen molar-refractivity contribution < 1.29 is 14.3 Å². The van der Waals surface area contributed by atoms with E-state index in [1.54, 1.807) is 13.3 Å². The van der Waals surface area contributed by atoms with E-state index in [0.29, 0.717) is 53.2 Å². The Morgan fingerprint density at radius 3 is 2.44 bits per heavy atom. The number of hydrogen-bond acceptors (Lipinski definition) is 8. The second kappa shape index (κ2) is 14.9. The van der Waals surface area contributed by atoms with Crippen molar-refractivity contribution in [3.63, 3.8) is 0 Å². The molecule has 0 unspecified atom stereocenters. The Hall–Kier alpha value is -4.22. The summed E-state index contributed by atoms with van der Waals surface area (Å²) in [6, 6.07) is 18.4. The first-order valence-electron chi connectivity index (χ1n) is 17.1. The zero-order valence-electron chi connectivity index (χ0n) is 28.3. The zero-order valence-corrected chi connectivity index (χ0v) is 29.8. The molecular weight excluding hydrogens is 673 g/mol. The average Bonchev–Trinajstić information content (AvgIpc) is 3.70. The summed E-state index contributed by atoms with van der Waals surface area (Å²) in [6.07, 6.45) is 4.69. The van der Waals surface area contributed by atoms with Crippen molar-refractivity contribution in [3.8, 4) is 39.5 Å². The normalized spacial score (nSPS) is 19.2. The maximum atomic E-state index is 11.8. The number of amides is 2. The third-order valence-corrected chi connectivity index (χ3v) is 10.6. The lowest BCUT2D eigenvalue weighted by Crippen LogP contribution is -2.40. The van der Waals surface area contributed by atoms with E-state index in [-0.39, 0.29) is 23.9 Å². The number of nitrogens with one attached hydrogen (secondary N) is 3. The van der Waals surface area contributed by atoms with E-state index in [0.717, 1.165) is 72.5 Å². The standard InChI is InChI=1S/C38H41Cl2N7O3/c1-46-16-17-47(22-27-10-13-34(49)44-27)21-25-7-6-23(18-32(25)46)37-36(40)29(14-15-42-37)28-4-3-5-30(35(28)39)31-11-8-24(38(45-31)50-2)19-41-20-26-9-12-33(48)43-26/h3-8,11,14-15,18,26-27,41H,9-10,12-13,16-17,19-22H2,1-2H3,(H,43,48)(H,44,49)/t26-,27-/m0/s1. The molecule has 2 amide bonds. The highest BCUT2D eigenvalue weighted by Crippen LogP contribution is 2.42. The number of hydrogen-bond donors (Lipinski definition) is 3. The van der Waals surface area contributed by atoms with Crippen LogP contribution in [0.4, 0.5) is 5.69 Å². The molecule has 0 aliphatic carbocycles. The highest BCUT2D eigenvalue weighted by atomic mass is 35.5. The molecule has 0 saturated carbocycles. The Labute approximate surface area is 302 Å². The number of methoxy groups -OCH3 is 1. The van der Waals surface area contributed by atoms with Gasteiger partial charge in [0.15, 0.2) is 0 Å². The van der Waals surface area contributed by atoms with Gasteiger partial charge in [-0.25, -0.2) is 4.98 Å². The van der Waals surface area contributed by atoms with Crippen molar-refractivity contribution in [2.24, 2.45) is 0 Å². The van der Waals surface area contributed by atoms with Gasteiger partial charge in [-0.2, -0.15) is 0 Å². The lowest BCUT2D eigenvalue weighted by Gasteiger charge is -2.23. The minimum absolute atomic E-state index is 0.103. The minimum atomic E-state index is 0.103. The predicted octanol–water partition coefficient (Wildman–Crippen LogP) is 5.69. The molecule has 0 radical (unpaired) electrons. The first-order chi connectivity index (χ1) is 24.3. The highest BCUT2D eigenvalue weighted by Gasteiger charge is 2.26. The average molecular weight is 715 g/mol. The van der Waals surface area contributed by atoms with Crippen LogP contribution in [0.25, 0.3) is 33.6 Å². The van der Waals surface area contributed by atoms with Crippen LogP contribution < -0.4 is 25.6 Å². The second-order valence-electron chi connectivity index (χ2n) is 13.3. The van der Waals surface area contributed by atoms with Crippen molar-refractivity contribution >= 4 is 40.7 Å². The van der Waals surface area contributed by atoms with Crippen molar-refractivity contribution in [1.82, 2.24) is 30.8 Å². The summed E-state index contributed by atoms with van der Waals surface area (Å²) in [5, 5.41) is 10.5. The maximum absolute atomic E-state index is 11.8. The van der Waals surface area contributed by atoms with Gasteiger partial charge in [-0.3, -0.25) is 19.5 Å². The molecule has 2 atom stereocenters. The molecular formula is C38H41Cl2N7O3. The van der Waals surface area contributed by atoms with Gasteiger partial charge in [0, 0.05) is 111 Å². The molecule has 0 spiro atoms.